The third-order valence-corrected chi connectivity index (χ3v) is 4.89. The van der Waals surface area contributed by atoms with Crippen LogP contribution in [0.25, 0.3) is 0 Å². The number of nitrogens with zero attached hydrogens (tertiary/aromatic N) is 4. The molecule has 0 radical (unpaired) electrons. The van der Waals surface area contributed by atoms with Gasteiger partial charge in [-0.1, -0.05) is 12.1 Å². The Morgan fingerprint density at radius 2 is 1.96 bits per heavy atom. The van der Waals surface area contributed by atoms with Crippen LogP contribution in [0.2, 0.25) is 0 Å². The zero-order valence-corrected chi connectivity index (χ0v) is 16.4. The van der Waals surface area contributed by atoms with Gasteiger partial charge in [0, 0.05) is 44.6 Å². The number of hydrogen-bond donors (Lipinski definition) is 2. The Labute approximate surface area is 162 Å². The molecule has 6 heteroatoms. The number of aliphatic imine (C=N–C) groups is 1. The predicted molar refractivity (Wildman–Crippen MR) is 109 cm³/mol. The van der Waals surface area contributed by atoms with Gasteiger partial charge in [-0.2, -0.15) is 0 Å². The Hall–Kier alpha value is -2.47. The van der Waals surface area contributed by atoms with Crippen LogP contribution in [0, 0.1) is 6.92 Å². The highest BCUT2D eigenvalue weighted by Crippen LogP contribution is 2.13. The molecule has 0 unspecified atom stereocenters. The number of aromatic nitrogens is 2. The second-order valence-corrected chi connectivity index (χ2v) is 6.98. The van der Waals surface area contributed by atoms with Gasteiger partial charge in [0.25, 0.3) is 0 Å². The van der Waals surface area contributed by atoms with Crippen LogP contribution >= 0.6 is 0 Å². The molecule has 0 bridgehead atoms. The predicted octanol–water partition coefficient (Wildman–Crippen LogP) is 2.50. The van der Waals surface area contributed by atoms with Crippen LogP contribution in [0.4, 0.5) is 0 Å². The van der Waals surface area contributed by atoms with Crippen LogP contribution in [0.5, 0.6) is 0 Å². The number of likely N-dealkylation sites (tertiary alicyclic amines) is 1. The second kappa shape index (κ2) is 10.0. The number of rotatable bonds is 6. The standard InChI is InChI=1S/C21H30N6/c1-3-22-21(25-15-20-17(2)7-6-12-24-20)26-18-9-13-27(14-10-18)16-19-8-4-5-11-23-19/h4-8,11-12,18H,3,9-10,13-16H2,1-2H3,(H2,22,25,26). The Morgan fingerprint density at radius 1 is 1.15 bits per heavy atom. The van der Waals surface area contributed by atoms with Gasteiger partial charge in [0.05, 0.1) is 17.9 Å². The van der Waals surface area contributed by atoms with E-state index >= 15 is 0 Å². The molecule has 27 heavy (non-hydrogen) atoms. The first-order chi connectivity index (χ1) is 13.2. The van der Waals surface area contributed by atoms with E-state index in [1.54, 1.807) is 0 Å². The van der Waals surface area contributed by atoms with Crippen molar-refractivity contribution in [1.29, 1.82) is 0 Å². The van der Waals surface area contributed by atoms with E-state index in [9.17, 15) is 0 Å². The molecule has 144 valence electrons. The maximum Gasteiger partial charge on any atom is 0.191 e. The number of hydrogen-bond acceptors (Lipinski definition) is 4. The Bertz CT molecular complexity index is 722. The van der Waals surface area contributed by atoms with E-state index in [0.717, 1.165) is 56.4 Å². The van der Waals surface area contributed by atoms with Gasteiger partial charge in [0.1, 0.15) is 0 Å². The average molecular weight is 367 g/mol. The fraction of sp³-hybridized carbons (Fsp3) is 0.476. The lowest BCUT2D eigenvalue weighted by Crippen LogP contribution is -2.48. The van der Waals surface area contributed by atoms with E-state index in [4.69, 9.17) is 4.99 Å². The maximum absolute atomic E-state index is 4.73. The third-order valence-electron chi connectivity index (χ3n) is 4.89. The minimum absolute atomic E-state index is 0.451. The smallest absolute Gasteiger partial charge is 0.191 e. The van der Waals surface area contributed by atoms with Gasteiger partial charge in [-0.25, -0.2) is 4.99 Å². The fourth-order valence-electron chi connectivity index (χ4n) is 3.31. The van der Waals surface area contributed by atoms with Gasteiger partial charge in [-0.05, 0) is 50.5 Å². The SMILES string of the molecule is CCNC(=NCc1ncccc1C)NC1CCN(Cc2ccccn2)CC1. The van der Waals surface area contributed by atoms with Crippen molar-refractivity contribution in [1.82, 2.24) is 25.5 Å². The molecule has 3 rings (SSSR count). The summed E-state index contributed by atoms with van der Waals surface area (Å²) in [6.07, 6.45) is 5.92. The molecule has 3 heterocycles. The topological polar surface area (TPSA) is 65.4 Å². The second-order valence-electron chi connectivity index (χ2n) is 6.98. The van der Waals surface area contributed by atoms with Crippen molar-refractivity contribution in [3.63, 3.8) is 0 Å². The zero-order chi connectivity index (χ0) is 18.9. The molecular formula is C21H30N6. The molecule has 1 saturated heterocycles. The van der Waals surface area contributed by atoms with Gasteiger partial charge in [0.2, 0.25) is 0 Å². The molecule has 1 fully saturated rings. The number of nitrogens with one attached hydrogen (secondary N) is 2. The molecule has 0 aliphatic carbocycles. The van der Waals surface area contributed by atoms with Crippen molar-refractivity contribution in [2.75, 3.05) is 19.6 Å². The largest absolute Gasteiger partial charge is 0.357 e. The van der Waals surface area contributed by atoms with Crippen molar-refractivity contribution in [3.8, 4) is 0 Å². The van der Waals surface area contributed by atoms with Crippen LogP contribution < -0.4 is 10.6 Å². The van der Waals surface area contributed by atoms with Crippen molar-refractivity contribution >= 4 is 5.96 Å². The lowest BCUT2D eigenvalue weighted by molar-refractivity contribution is 0.196. The zero-order valence-electron chi connectivity index (χ0n) is 16.4. The van der Waals surface area contributed by atoms with Crippen molar-refractivity contribution in [3.05, 3.63) is 59.7 Å². The molecule has 0 spiro atoms. The first kappa shape index (κ1) is 19.3. The Balaban J connectivity index is 1.50. The third kappa shape index (κ3) is 6.03. The summed E-state index contributed by atoms with van der Waals surface area (Å²) in [5.41, 5.74) is 3.35. The fourth-order valence-corrected chi connectivity index (χ4v) is 3.31. The van der Waals surface area contributed by atoms with Gasteiger partial charge in [0.15, 0.2) is 5.96 Å². The summed E-state index contributed by atoms with van der Waals surface area (Å²) >= 11 is 0. The maximum atomic E-state index is 4.73. The monoisotopic (exact) mass is 366 g/mol. The van der Waals surface area contributed by atoms with Gasteiger partial charge in [-0.3, -0.25) is 14.9 Å². The van der Waals surface area contributed by atoms with Gasteiger partial charge < -0.3 is 10.6 Å². The first-order valence-electron chi connectivity index (χ1n) is 9.82. The molecular weight excluding hydrogens is 336 g/mol. The molecule has 1 aliphatic rings. The molecule has 1 aliphatic heterocycles. The molecule has 2 N–H and O–H groups in total. The minimum atomic E-state index is 0.451. The molecule has 0 atom stereocenters. The number of aryl methyl sites for hydroxylation is 1. The van der Waals surface area contributed by atoms with Crippen molar-refractivity contribution < 1.29 is 0 Å². The lowest BCUT2D eigenvalue weighted by atomic mass is 10.0. The Morgan fingerprint density at radius 3 is 2.67 bits per heavy atom. The number of pyridine rings is 2. The molecule has 0 saturated carbocycles. The highest BCUT2D eigenvalue weighted by atomic mass is 15.2. The molecule has 2 aromatic heterocycles. The molecule has 2 aromatic rings. The summed E-state index contributed by atoms with van der Waals surface area (Å²) in [7, 11) is 0. The van der Waals surface area contributed by atoms with Crippen LogP contribution in [0.15, 0.2) is 47.7 Å². The van der Waals surface area contributed by atoms with Gasteiger partial charge in [-0.15, -0.1) is 0 Å². The van der Waals surface area contributed by atoms with E-state index in [2.05, 4.69) is 57.5 Å². The van der Waals surface area contributed by atoms with E-state index in [1.807, 2.05) is 24.5 Å². The quantitative estimate of drug-likeness (QED) is 0.607. The van der Waals surface area contributed by atoms with Crippen molar-refractivity contribution in [2.24, 2.45) is 4.99 Å². The van der Waals surface area contributed by atoms with Gasteiger partial charge >= 0.3 is 0 Å². The van der Waals surface area contributed by atoms with E-state index in [1.165, 1.54) is 5.56 Å². The van der Waals surface area contributed by atoms with E-state index < -0.39 is 0 Å². The highest BCUT2D eigenvalue weighted by Gasteiger charge is 2.20. The molecule has 0 aromatic carbocycles. The normalized spacial score (nSPS) is 16.3. The molecule has 0 amide bonds. The summed E-state index contributed by atoms with van der Waals surface area (Å²) in [5, 5.41) is 6.96. The van der Waals surface area contributed by atoms with Crippen LogP contribution in [0.1, 0.15) is 36.7 Å². The van der Waals surface area contributed by atoms with Crippen LogP contribution in [-0.2, 0) is 13.1 Å². The van der Waals surface area contributed by atoms with E-state index in [0.29, 0.717) is 12.6 Å². The number of piperidine rings is 1. The first-order valence-corrected chi connectivity index (χ1v) is 9.82. The molecule has 6 nitrogen and oxygen atoms in total. The van der Waals surface area contributed by atoms with Crippen LogP contribution in [0.3, 0.4) is 0 Å². The highest BCUT2D eigenvalue weighted by molar-refractivity contribution is 5.80. The average Bonchev–Trinajstić information content (AvgIpc) is 2.70. The summed E-state index contributed by atoms with van der Waals surface area (Å²) in [4.78, 5) is 16.1. The minimum Gasteiger partial charge on any atom is -0.357 e. The summed E-state index contributed by atoms with van der Waals surface area (Å²) < 4.78 is 0. The van der Waals surface area contributed by atoms with Crippen molar-refractivity contribution in [2.45, 2.75) is 45.8 Å². The van der Waals surface area contributed by atoms with Crippen LogP contribution in [-0.4, -0.2) is 46.5 Å². The lowest BCUT2D eigenvalue weighted by Gasteiger charge is -2.32. The van der Waals surface area contributed by atoms with E-state index in [-0.39, 0.29) is 0 Å². The number of guanidine groups is 1. The summed E-state index contributed by atoms with van der Waals surface area (Å²) in [6.45, 7) is 8.71. The summed E-state index contributed by atoms with van der Waals surface area (Å²) in [5.74, 6) is 0.880. The Kier molecular flexibility index (Phi) is 7.16. The summed E-state index contributed by atoms with van der Waals surface area (Å²) in [6, 6.07) is 10.6.